The zero-order valence-electron chi connectivity index (χ0n) is 9.35. The average Bonchev–Trinajstić information content (AvgIpc) is 2.18. The first-order valence-corrected chi connectivity index (χ1v) is 4.96. The lowest BCUT2D eigenvalue weighted by molar-refractivity contribution is -0.108. The molecule has 0 radical (unpaired) electrons. The van der Waals surface area contributed by atoms with E-state index in [4.69, 9.17) is 5.73 Å². The van der Waals surface area contributed by atoms with Crippen molar-refractivity contribution in [3.8, 4) is 0 Å². The summed E-state index contributed by atoms with van der Waals surface area (Å²) in [5.74, 6) is -2.89. The number of hydrogen-bond acceptors (Lipinski definition) is 1. The number of hydrogen-bond donors (Lipinski definition) is 1. The van der Waals surface area contributed by atoms with Crippen LogP contribution < -0.4 is 5.73 Å². The van der Waals surface area contributed by atoms with Crippen molar-refractivity contribution in [2.45, 2.75) is 26.7 Å². The third-order valence-electron chi connectivity index (χ3n) is 2.77. The molecule has 0 aliphatic rings. The maximum absolute atomic E-state index is 14.0. The van der Waals surface area contributed by atoms with Crippen LogP contribution in [0.2, 0.25) is 0 Å². The smallest absolute Gasteiger partial charge is 0.279 e. The Morgan fingerprint density at radius 3 is 2.00 bits per heavy atom. The van der Waals surface area contributed by atoms with Gasteiger partial charge in [-0.3, -0.25) is 0 Å². The van der Waals surface area contributed by atoms with Crippen LogP contribution in [0.1, 0.15) is 25.0 Å². The van der Waals surface area contributed by atoms with Crippen molar-refractivity contribution < 1.29 is 8.78 Å². The van der Waals surface area contributed by atoms with Gasteiger partial charge in [0.1, 0.15) is 0 Å². The fourth-order valence-corrected chi connectivity index (χ4v) is 1.28. The minimum atomic E-state index is -2.89. The summed E-state index contributed by atoms with van der Waals surface area (Å²) in [6.45, 7) is 4.78. The highest BCUT2D eigenvalue weighted by atomic mass is 19.3. The summed E-state index contributed by atoms with van der Waals surface area (Å²) in [5.41, 5.74) is 5.16. The molecule has 0 aliphatic heterocycles. The van der Waals surface area contributed by atoms with Crippen LogP contribution in [-0.2, 0) is 5.92 Å². The Labute approximate surface area is 89.3 Å². The molecule has 0 atom stereocenters. The van der Waals surface area contributed by atoms with Crippen molar-refractivity contribution >= 4 is 0 Å². The lowest BCUT2D eigenvalue weighted by Crippen LogP contribution is -2.40. The maximum Gasteiger partial charge on any atom is 0.279 e. The number of nitrogens with two attached hydrogens (primary N) is 1. The number of alkyl halides is 2. The molecule has 0 bridgehead atoms. The summed E-state index contributed by atoms with van der Waals surface area (Å²) in [7, 11) is 0. The number of benzene rings is 1. The molecule has 1 aromatic carbocycles. The molecule has 0 unspecified atom stereocenters. The molecule has 0 fully saturated rings. The Morgan fingerprint density at radius 2 is 1.60 bits per heavy atom. The summed E-state index contributed by atoms with van der Waals surface area (Å²) in [6, 6.07) is 6.31. The lowest BCUT2D eigenvalue weighted by Gasteiger charge is -2.33. The first-order valence-electron chi connectivity index (χ1n) is 4.96. The number of rotatable bonds is 3. The highest BCUT2D eigenvalue weighted by molar-refractivity contribution is 5.26. The summed E-state index contributed by atoms with van der Waals surface area (Å²) in [4.78, 5) is 0. The predicted molar refractivity (Wildman–Crippen MR) is 57.9 cm³/mol. The fourth-order valence-electron chi connectivity index (χ4n) is 1.28. The van der Waals surface area contributed by atoms with Gasteiger partial charge in [0.2, 0.25) is 0 Å². The van der Waals surface area contributed by atoms with Crippen molar-refractivity contribution in [2.75, 3.05) is 6.54 Å². The van der Waals surface area contributed by atoms with Gasteiger partial charge >= 0.3 is 0 Å². The molecule has 84 valence electrons. The summed E-state index contributed by atoms with van der Waals surface area (Å²) < 4.78 is 28.0. The molecule has 0 amide bonds. The third kappa shape index (κ3) is 2.17. The lowest BCUT2D eigenvalue weighted by atomic mass is 9.81. The van der Waals surface area contributed by atoms with Crippen molar-refractivity contribution in [1.82, 2.24) is 0 Å². The van der Waals surface area contributed by atoms with Crippen LogP contribution in [-0.4, -0.2) is 6.54 Å². The normalized spacial score (nSPS) is 12.9. The molecule has 1 nitrogen and oxygen atoms in total. The van der Waals surface area contributed by atoms with Crippen LogP contribution in [0.3, 0.4) is 0 Å². The Bertz CT molecular complexity index is 328. The second kappa shape index (κ2) is 3.89. The monoisotopic (exact) mass is 213 g/mol. The van der Waals surface area contributed by atoms with Gasteiger partial charge in [-0.15, -0.1) is 0 Å². The molecule has 0 spiro atoms. The zero-order chi connectivity index (χ0) is 11.7. The Balaban J connectivity index is 3.10. The summed E-state index contributed by atoms with van der Waals surface area (Å²) in [6.07, 6.45) is 0. The molecule has 2 N–H and O–H groups in total. The van der Waals surface area contributed by atoms with Crippen LogP contribution >= 0.6 is 0 Å². The average molecular weight is 213 g/mol. The van der Waals surface area contributed by atoms with Crippen LogP contribution in [0.5, 0.6) is 0 Å². The van der Waals surface area contributed by atoms with E-state index in [9.17, 15) is 8.78 Å². The minimum Gasteiger partial charge on any atom is -0.330 e. The zero-order valence-corrected chi connectivity index (χ0v) is 9.35. The van der Waals surface area contributed by atoms with Crippen molar-refractivity contribution in [2.24, 2.45) is 11.1 Å². The van der Waals surface area contributed by atoms with Crippen LogP contribution in [0.25, 0.3) is 0 Å². The molecule has 1 rings (SSSR count). The number of aryl methyl sites for hydroxylation is 1. The van der Waals surface area contributed by atoms with Crippen molar-refractivity contribution in [1.29, 1.82) is 0 Å². The minimum absolute atomic E-state index is 0.0311. The van der Waals surface area contributed by atoms with Gasteiger partial charge in [0.25, 0.3) is 5.92 Å². The van der Waals surface area contributed by atoms with Gasteiger partial charge in [-0.1, -0.05) is 43.7 Å². The van der Waals surface area contributed by atoms with Gasteiger partial charge in [-0.25, -0.2) is 8.78 Å². The topological polar surface area (TPSA) is 26.0 Å². The molecule has 15 heavy (non-hydrogen) atoms. The van der Waals surface area contributed by atoms with E-state index in [2.05, 4.69) is 0 Å². The van der Waals surface area contributed by atoms with Crippen molar-refractivity contribution in [3.05, 3.63) is 35.4 Å². The highest BCUT2D eigenvalue weighted by Crippen LogP contribution is 2.43. The molecular weight excluding hydrogens is 196 g/mol. The summed E-state index contributed by atoms with van der Waals surface area (Å²) >= 11 is 0. The van der Waals surface area contributed by atoms with E-state index in [0.29, 0.717) is 0 Å². The quantitative estimate of drug-likeness (QED) is 0.820. The van der Waals surface area contributed by atoms with E-state index in [1.165, 1.54) is 26.0 Å². The fraction of sp³-hybridized carbons (Fsp3) is 0.500. The van der Waals surface area contributed by atoms with Crippen molar-refractivity contribution in [3.63, 3.8) is 0 Å². The van der Waals surface area contributed by atoms with Crippen LogP contribution in [0, 0.1) is 12.3 Å². The summed E-state index contributed by atoms with van der Waals surface area (Å²) in [5, 5.41) is 0. The molecule has 0 aromatic heterocycles. The van der Waals surface area contributed by atoms with Crippen LogP contribution in [0.4, 0.5) is 8.78 Å². The van der Waals surface area contributed by atoms with Crippen LogP contribution in [0.15, 0.2) is 24.3 Å². The van der Waals surface area contributed by atoms with Gasteiger partial charge in [0, 0.05) is 17.5 Å². The van der Waals surface area contributed by atoms with E-state index in [1.54, 1.807) is 12.1 Å². The number of halogens is 2. The Morgan fingerprint density at radius 1 is 1.13 bits per heavy atom. The van der Waals surface area contributed by atoms with E-state index < -0.39 is 11.3 Å². The second-order valence-electron chi connectivity index (χ2n) is 4.53. The molecule has 3 heteroatoms. The molecule has 0 saturated heterocycles. The van der Waals surface area contributed by atoms with E-state index in [-0.39, 0.29) is 12.1 Å². The third-order valence-corrected chi connectivity index (χ3v) is 2.77. The first-order chi connectivity index (χ1) is 6.81. The molecule has 0 aliphatic carbocycles. The molecule has 0 heterocycles. The van der Waals surface area contributed by atoms with Gasteiger partial charge in [0.15, 0.2) is 0 Å². The SMILES string of the molecule is Cc1ccc(C(F)(F)C(C)(C)CN)cc1. The molecule has 0 saturated carbocycles. The second-order valence-corrected chi connectivity index (χ2v) is 4.53. The maximum atomic E-state index is 14.0. The molecule has 1 aromatic rings. The van der Waals surface area contributed by atoms with E-state index in [0.717, 1.165) is 5.56 Å². The van der Waals surface area contributed by atoms with Gasteiger partial charge < -0.3 is 5.73 Å². The van der Waals surface area contributed by atoms with E-state index in [1.807, 2.05) is 6.92 Å². The Kier molecular flexibility index (Phi) is 3.14. The highest BCUT2D eigenvalue weighted by Gasteiger charge is 2.46. The van der Waals surface area contributed by atoms with Gasteiger partial charge in [-0.05, 0) is 6.92 Å². The van der Waals surface area contributed by atoms with E-state index >= 15 is 0 Å². The molecular formula is C12H17F2N. The predicted octanol–water partition coefficient (Wildman–Crippen LogP) is 3.07. The van der Waals surface area contributed by atoms with Gasteiger partial charge in [-0.2, -0.15) is 0 Å². The standard InChI is InChI=1S/C12H17F2N/c1-9-4-6-10(7-5-9)12(13,14)11(2,3)8-15/h4-7H,8,15H2,1-3H3. The Hall–Kier alpha value is -0.960. The first kappa shape index (κ1) is 12.1. The van der Waals surface area contributed by atoms with Gasteiger partial charge in [0.05, 0.1) is 0 Å². The largest absolute Gasteiger partial charge is 0.330 e.